The predicted molar refractivity (Wildman–Crippen MR) is 81.5 cm³/mol. The smallest absolute Gasteiger partial charge is 0.255 e. The summed E-state index contributed by atoms with van der Waals surface area (Å²) in [7, 11) is 1.85. The van der Waals surface area contributed by atoms with Crippen molar-refractivity contribution in [1.29, 1.82) is 0 Å². The first kappa shape index (κ1) is 16.3. The van der Waals surface area contributed by atoms with E-state index in [2.05, 4.69) is 25.7 Å². The molecule has 0 atom stereocenters. The highest BCUT2D eigenvalue weighted by molar-refractivity contribution is 5.96. The fourth-order valence-corrected chi connectivity index (χ4v) is 2.18. The van der Waals surface area contributed by atoms with Crippen molar-refractivity contribution in [3.63, 3.8) is 0 Å². The molecule has 0 unspecified atom stereocenters. The highest BCUT2D eigenvalue weighted by Gasteiger charge is 2.19. The largest absolute Gasteiger partial charge is 0.395 e. The van der Waals surface area contributed by atoms with Crippen LogP contribution in [0, 0.1) is 11.8 Å². The standard InChI is InChI=1S/C17H23NO2/c1-4-15(5-2)18(3)17(20)16-12-7-6-10-14(16)11-8-9-13-19/h6-7,10,12,15,19H,4-5,9,13H2,1-3H3. The van der Waals surface area contributed by atoms with Crippen LogP contribution in [0.25, 0.3) is 0 Å². The van der Waals surface area contributed by atoms with Gasteiger partial charge in [-0.15, -0.1) is 0 Å². The summed E-state index contributed by atoms with van der Waals surface area (Å²) in [5, 5.41) is 8.77. The summed E-state index contributed by atoms with van der Waals surface area (Å²) >= 11 is 0. The summed E-state index contributed by atoms with van der Waals surface area (Å²) in [6.07, 6.45) is 2.30. The Bertz CT molecular complexity index is 495. The summed E-state index contributed by atoms with van der Waals surface area (Å²) in [5.74, 6) is 5.85. The van der Waals surface area contributed by atoms with Crippen LogP contribution >= 0.6 is 0 Å². The van der Waals surface area contributed by atoms with E-state index in [0.29, 0.717) is 12.0 Å². The van der Waals surface area contributed by atoms with Crippen molar-refractivity contribution >= 4 is 5.91 Å². The van der Waals surface area contributed by atoms with Crippen molar-refractivity contribution in [2.24, 2.45) is 0 Å². The Hall–Kier alpha value is -1.79. The predicted octanol–water partition coefficient (Wildman–Crippen LogP) is 2.68. The van der Waals surface area contributed by atoms with E-state index in [0.717, 1.165) is 18.4 Å². The number of rotatable bonds is 5. The Morgan fingerprint density at radius 2 is 1.95 bits per heavy atom. The summed E-state index contributed by atoms with van der Waals surface area (Å²) < 4.78 is 0. The van der Waals surface area contributed by atoms with Gasteiger partial charge < -0.3 is 10.0 Å². The van der Waals surface area contributed by atoms with Gasteiger partial charge in [0.05, 0.1) is 12.2 Å². The van der Waals surface area contributed by atoms with Crippen LogP contribution in [0.15, 0.2) is 24.3 Å². The van der Waals surface area contributed by atoms with Gasteiger partial charge in [0.1, 0.15) is 0 Å². The van der Waals surface area contributed by atoms with Crippen LogP contribution in [0.2, 0.25) is 0 Å². The van der Waals surface area contributed by atoms with Crippen molar-refractivity contribution in [3.05, 3.63) is 35.4 Å². The Morgan fingerprint density at radius 1 is 1.30 bits per heavy atom. The van der Waals surface area contributed by atoms with Gasteiger partial charge in [-0.25, -0.2) is 0 Å². The molecule has 0 aliphatic carbocycles. The third-order valence-electron chi connectivity index (χ3n) is 3.43. The summed E-state index contributed by atoms with van der Waals surface area (Å²) in [6.45, 7) is 4.21. The molecule has 0 aliphatic rings. The number of hydrogen-bond acceptors (Lipinski definition) is 2. The molecule has 20 heavy (non-hydrogen) atoms. The highest BCUT2D eigenvalue weighted by Crippen LogP contribution is 2.14. The first-order valence-corrected chi connectivity index (χ1v) is 7.11. The summed E-state index contributed by atoms with van der Waals surface area (Å²) in [4.78, 5) is 14.4. The molecule has 0 radical (unpaired) electrons. The molecule has 0 spiro atoms. The van der Waals surface area contributed by atoms with Crippen molar-refractivity contribution < 1.29 is 9.90 Å². The second-order valence-electron chi connectivity index (χ2n) is 4.71. The van der Waals surface area contributed by atoms with Gasteiger partial charge >= 0.3 is 0 Å². The maximum Gasteiger partial charge on any atom is 0.255 e. The Kier molecular flexibility index (Phi) is 6.83. The van der Waals surface area contributed by atoms with Crippen LogP contribution in [0.4, 0.5) is 0 Å². The molecule has 1 amide bonds. The molecule has 0 fully saturated rings. The number of benzene rings is 1. The van der Waals surface area contributed by atoms with Crippen molar-refractivity contribution in [3.8, 4) is 11.8 Å². The SMILES string of the molecule is CCC(CC)N(C)C(=O)c1ccccc1C#CCCO. The Morgan fingerprint density at radius 3 is 2.55 bits per heavy atom. The second-order valence-corrected chi connectivity index (χ2v) is 4.71. The first-order valence-electron chi connectivity index (χ1n) is 7.11. The van der Waals surface area contributed by atoms with E-state index in [1.54, 1.807) is 4.90 Å². The molecule has 3 nitrogen and oxygen atoms in total. The molecule has 1 aromatic carbocycles. The lowest BCUT2D eigenvalue weighted by Gasteiger charge is -2.26. The van der Waals surface area contributed by atoms with Crippen LogP contribution in [0.5, 0.6) is 0 Å². The van der Waals surface area contributed by atoms with Crippen LogP contribution in [0.1, 0.15) is 49.0 Å². The van der Waals surface area contributed by atoms with E-state index >= 15 is 0 Å². The first-order chi connectivity index (χ1) is 9.65. The van der Waals surface area contributed by atoms with E-state index in [9.17, 15) is 4.79 Å². The van der Waals surface area contributed by atoms with Crippen LogP contribution in [-0.4, -0.2) is 35.6 Å². The maximum atomic E-state index is 12.6. The van der Waals surface area contributed by atoms with Crippen molar-refractivity contribution in [1.82, 2.24) is 4.90 Å². The van der Waals surface area contributed by atoms with Gasteiger partial charge in [-0.2, -0.15) is 0 Å². The minimum atomic E-state index is 0.00704. The minimum absolute atomic E-state index is 0.00704. The number of nitrogens with zero attached hydrogens (tertiary/aromatic N) is 1. The van der Waals surface area contributed by atoms with Crippen molar-refractivity contribution in [2.45, 2.75) is 39.2 Å². The third-order valence-corrected chi connectivity index (χ3v) is 3.43. The zero-order chi connectivity index (χ0) is 15.0. The Balaban J connectivity index is 3.02. The van der Waals surface area contributed by atoms with E-state index in [4.69, 9.17) is 5.11 Å². The van der Waals surface area contributed by atoms with E-state index in [1.165, 1.54) is 0 Å². The topological polar surface area (TPSA) is 40.5 Å². The van der Waals surface area contributed by atoms with E-state index in [1.807, 2.05) is 31.3 Å². The molecule has 1 N–H and O–H groups in total. The molecule has 1 aromatic rings. The monoisotopic (exact) mass is 273 g/mol. The fourth-order valence-electron chi connectivity index (χ4n) is 2.18. The van der Waals surface area contributed by atoms with Gasteiger partial charge in [0.15, 0.2) is 0 Å². The molecule has 0 heterocycles. The number of carbonyl (C=O) groups excluding carboxylic acids is 1. The molecule has 0 bridgehead atoms. The van der Waals surface area contributed by atoms with Crippen molar-refractivity contribution in [2.75, 3.05) is 13.7 Å². The lowest BCUT2D eigenvalue weighted by atomic mass is 10.0. The highest BCUT2D eigenvalue weighted by atomic mass is 16.2. The van der Waals surface area contributed by atoms with E-state index in [-0.39, 0.29) is 18.6 Å². The molecule has 0 saturated heterocycles. The average molecular weight is 273 g/mol. The van der Waals surface area contributed by atoms with Crippen LogP contribution < -0.4 is 0 Å². The molecular weight excluding hydrogens is 250 g/mol. The van der Waals surface area contributed by atoms with E-state index < -0.39 is 0 Å². The normalized spacial score (nSPS) is 10.1. The summed E-state index contributed by atoms with van der Waals surface area (Å²) in [6, 6.07) is 7.63. The minimum Gasteiger partial charge on any atom is -0.395 e. The molecule has 1 rings (SSSR count). The number of aliphatic hydroxyl groups excluding tert-OH is 1. The molecule has 108 valence electrons. The zero-order valence-electron chi connectivity index (χ0n) is 12.5. The second kappa shape index (κ2) is 8.39. The van der Waals surface area contributed by atoms with Gasteiger partial charge in [0.25, 0.3) is 5.91 Å². The molecule has 0 aromatic heterocycles. The fraction of sp³-hybridized carbons (Fsp3) is 0.471. The summed E-state index contributed by atoms with van der Waals surface area (Å²) in [5.41, 5.74) is 1.36. The molecule has 0 aliphatic heterocycles. The third kappa shape index (κ3) is 4.11. The quantitative estimate of drug-likeness (QED) is 0.838. The van der Waals surface area contributed by atoms with Gasteiger partial charge in [0.2, 0.25) is 0 Å². The molecule has 0 saturated carbocycles. The molecular formula is C17H23NO2. The molecule has 3 heteroatoms. The number of amides is 1. The number of carbonyl (C=O) groups is 1. The van der Waals surface area contributed by atoms with Gasteiger partial charge in [0, 0.05) is 25.1 Å². The van der Waals surface area contributed by atoms with Gasteiger partial charge in [-0.05, 0) is 25.0 Å². The average Bonchev–Trinajstić information content (AvgIpc) is 2.48. The Labute approximate surface area is 121 Å². The number of hydrogen-bond donors (Lipinski definition) is 1. The lowest BCUT2D eigenvalue weighted by molar-refractivity contribution is 0.0723. The maximum absolute atomic E-state index is 12.6. The lowest BCUT2D eigenvalue weighted by Crippen LogP contribution is -2.36. The van der Waals surface area contributed by atoms with Crippen LogP contribution in [-0.2, 0) is 0 Å². The van der Waals surface area contributed by atoms with Crippen LogP contribution in [0.3, 0.4) is 0 Å². The zero-order valence-corrected chi connectivity index (χ0v) is 12.5. The van der Waals surface area contributed by atoms with Gasteiger partial charge in [-0.1, -0.05) is 37.8 Å². The van der Waals surface area contributed by atoms with Gasteiger partial charge in [-0.3, -0.25) is 4.79 Å². The number of aliphatic hydroxyl groups is 1.